The lowest BCUT2D eigenvalue weighted by Gasteiger charge is -2.02. The number of amides is 2. The average Bonchev–Trinajstić information content (AvgIpc) is 2.93. The molecule has 0 bridgehead atoms. The third-order valence-corrected chi connectivity index (χ3v) is 3.52. The minimum absolute atomic E-state index is 0.308. The smallest absolute Gasteiger partial charge is 0.251 e. The zero-order valence-corrected chi connectivity index (χ0v) is 12.1. The topological polar surface area (TPSA) is 81.4 Å². The monoisotopic (exact) mass is 302 g/mol. The summed E-state index contributed by atoms with van der Waals surface area (Å²) in [5.74, 6) is -0.182. The van der Waals surface area contributed by atoms with Crippen LogP contribution >= 0.6 is 11.3 Å². The first kappa shape index (κ1) is 14.8. The fourth-order valence-electron chi connectivity index (χ4n) is 1.67. The number of primary amides is 1. The molecule has 0 saturated heterocycles. The summed E-state index contributed by atoms with van der Waals surface area (Å²) in [4.78, 5) is 23.0. The number of rotatable bonds is 5. The van der Waals surface area contributed by atoms with Crippen LogP contribution in [0, 0.1) is 0 Å². The predicted octanol–water partition coefficient (Wildman–Crippen LogP) is 2.51. The Morgan fingerprint density at radius 3 is 2.86 bits per heavy atom. The van der Waals surface area contributed by atoms with Crippen LogP contribution in [-0.2, 0) is 4.79 Å². The van der Waals surface area contributed by atoms with Crippen molar-refractivity contribution in [3.05, 3.63) is 52.9 Å². The molecule has 2 amide bonds. The molecule has 0 saturated carbocycles. The van der Waals surface area contributed by atoms with Gasteiger partial charge >= 0.3 is 0 Å². The van der Waals surface area contributed by atoms with Crippen molar-refractivity contribution < 1.29 is 14.3 Å². The van der Waals surface area contributed by atoms with Gasteiger partial charge in [0.05, 0.1) is 12.7 Å². The number of thiophene rings is 1. The maximum Gasteiger partial charge on any atom is 0.251 e. The van der Waals surface area contributed by atoms with E-state index in [1.807, 2.05) is 24.3 Å². The van der Waals surface area contributed by atoms with E-state index in [4.69, 9.17) is 10.5 Å². The summed E-state index contributed by atoms with van der Waals surface area (Å²) >= 11 is 1.25. The van der Waals surface area contributed by atoms with Crippen molar-refractivity contribution in [3.63, 3.8) is 0 Å². The highest BCUT2D eigenvalue weighted by Crippen LogP contribution is 2.22. The van der Waals surface area contributed by atoms with Crippen molar-refractivity contribution in [1.82, 2.24) is 0 Å². The van der Waals surface area contributed by atoms with E-state index < -0.39 is 5.91 Å². The van der Waals surface area contributed by atoms with Crippen LogP contribution in [0.1, 0.15) is 15.9 Å². The third kappa shape index (κ3) is 3.93. The molecule has 3 N–H and O–H groups in total. The van der Waals surface area contributed by atoms with E-state index >= 15 is 0 Å². The second kappa shape index (κ2) is 6.71. The summed E-state index contributed by atoms with van der Waals surface area (Å²) in [6, 6.07) is 8.90. The lowest BCUT2D eigenvalue weighted by atomic mass is 10.2. The summed E-state index contributed by atoms with van der Waals surface area (Å²) < 4.78 is 5.10. The molecule has 1 aromatic carbocycles. The van der Waals surface area contributed by atoms with E-state index in [9.17, 15) is 9.59 Å². The van der Waals surface area contributed by atoms with Gasteiger partial charge in [0.2, 0.25) is 5.91 Å². The first-order chi connectivity index (χ1) is 10.1. The van der Waals surface area contributed by atoms with E-state index in [1.165, 1.54) is 17.4 Å². The van der Waals surface area contributed by atoms with Crippen molar-refractivity contribution in [2.24, 2.45) is 5.73 Å². The molecule has 0 spiro atoms. The molecule has 21 heavy (non-hydrogen) atoms. The quantitative estimate of drug-likeness (QED) is 0.833. The minimum atomic E-state index is -0.566. The second-order valence-electron chi connectivity index (χ2n) is 4.13. The molecule has 0 fully saturated rings. The number of hydrogen-bond acceptors (Lipinski definition) is 4. The summed E-state index contributed by atoms with van der Waals surface area (Å²) in [5, 5.41) is 4.77. The predicted molar refractivity (Wildman–Crippen MR) is 83.5 cm³/mol. The van der Waals surface area contributed by atoms with Gasteiger partial charge < -0.3 is 15.8 Å². The van der Waals surface area contributed by atoms with Crippen LogP contribution in [0.15, 0.2) is 41.8 Å². The molecule has 2 rings (SSSR count). The molecule has 1 heterocycles. The Kier molecular flexibility index (Phi) is 4.73. The van der Waals surface area contributed by atoms with E-state index in [0.29, 0.717) is 16.3 Å². The lowest BCUT2D eigenvalue weighted by molar-refractivity contribution is -0.111. The molecule has 2 aromatic rings. The first-order valence-corrected chi connectivity index (χ1v) is 6.98. The molecular weight excluding hydrogens is 288 g/mol. The van der Waals surface area contributed by atoms with Gasteiger partial charge in [0.1, 0.15) is 10.8 Å². The molecule has 0 aliphatic heterocycles. The standard InChI is InChI=1S/C15H14N2O3S/c1-20-11-4-2-3-10(9-11)5-6-13(18)17-15-12(14(16)19)7-8-21-15/h2-9H,1H3,(H2,16,19)(H,17,18). The van der Waals surface area contributed by atoms with E-state index in [0.717, 1.165) is 5.56 Å². The SMILES string of the molecule is COc1cccc(C=CC(=O)Nc2sccc2C(N)=O)c1. The fourth-order valence-corrected chi connectivity index (χ4v) is 2.47. The summed E-state index contributed by atoms with van der Waals surface area (Å²) in [5.41, 5.74) is 6.36. The maximum absolute atomic E-state index is 11.8. The highest BCUT2D eigenvalue weighted by atomic mass is 32.1. The van der Waals surface area contributed by atoms with Gasteiger partial charge in [-0.2, -0.15) is 0 Å². The Bertz CT molecular complexity index is 692. The third-order valence-electron chi connectivity index (χ3n) is 2.69. The van der Waals surface area contributed by atoms with E-state index in [2.05, 4.69) is 5.32 Å². The minimum Gasteiger partial charge on any atom is -0.497 e. The molecule has 108 valence electrons. The molecule has 0 unspecified atom stereocenters. The number of anilines is 1. The Morgan fingerprint density at radius 1 is 1.33 bits per heavy atom. The van der Waals surface area contributed by atoms with Crippen molar-refractivity contribution >= 4 is 34.2 Å². The second-order valence-corrected chi connectivity index (χ2v) is 5.04. The number of ether oxygens (including phenoxy) is 1. The molecule has 1 aromatic heterocycles. The van der Waals surface area contributed by atoms with Gasteiger partial charge in [-0.1, -0.05) is 12.1 Å². The van der Waals surface area contributed by atoms with Gasteiger partial charge in [0.15, 0.2) is 0 Å². The Labute approximate surface area is 126 Å². The van der Waals surface area contributed by atoms with Crippen LogP contribution in [-0.4, -0.2) is 18.9 Å². The van der Waals surface area contributed by atoms with Crippen LogP contribution in [0.4, 0.5) is 5.00 Å². The number of methoxy groups -OCH3 is 1. The molecule has 5 nitrogen and oxygen atoms in total. The van der Waals surface area contributed by atoms with Gasteiger partial charge in [0.25, 0.3) is 5.91 Å². The van der Waals surface area contributed by atoms with Gasteiger partial charge in [-0.25, -0.2) is 0 Å². The molecule has 0 aliphatic carbocycles. The normalized spacial score (nSPS) is 10.5. The highest BCUT2D eigenvalue weighted by molar-refractivity contribution is 7.14. The largest absolute Gasteiger partial charge is 0.497 e. The molecule has 0 aliphatic rings. The Hall–Kier alpha value is -2.60. The van der Waals surface area contributed by atoms with Gasteiger partial charge in [-0.05, 0) is 35.2 Å². The summed E-state index contributed by atoms with van der Waals surface area (Å²) in [7, 11) is 1.58. The lowest BCUT2D eigenvalue weighted by Crippen LogP contribution is -2.14. The van der Waals surface area contributed by atoms with Crippen LogP contribution in [0.25, 0.3) is 6.08 Å². The van der Waals surface area contributed by atoms with Crippen LogP contribution in [0.2, 0.25) is 0 Å². The van der Waals surface area contributed by atoms with E-state index in [1.54, 1.807) is 24.6 Å². The van der Waals surface area contributed by atoms with Crippen LogP contribution in [0.3, 0.4) is 0 Å². The number of nitrogens with one attached hydrogen (secondary N) is 1. The zero-order chi connectivity index (χ0) is 15.2. The maximum atomic E-state index is 11.8. The number of carbonyl (C=O) groups is 2. The average molecular weight is 302 g/mol. The Balaban J connectivity index is 2.05. The van der Waals surface area contributed by atoms with Crippen molar-refractivity contribution in [2.75, 3.05) is 12.4 Å². The molecular formula is C15H14N2O3S. The van der Waals surface area contributed by atoms with Gasteiger partial charge in [-0.15, -0.1) is 11.3 Å². The first-order valence-electron chi connectivity index (χ1n) is 6.10. The van der Waals surface area contributed by atoms with Crippen molar-refractivity contribution in [1.29, 1.82) is 0 Å². The molecule has 6 heteroatoms. The van der Waals surface area contributed by atoms with Crippen molar-refractivity contribution in [2.45, 2.75) is 0 Å². The fraction of sp³-hybridized carbons (Fsp3) is 0.0667. The van der Waals surface area contributed by atoms with Crippen molar-refractivity contribution in [3.8, 4) is 5.75 Å². The number of carbonyl (C=O) groups excluding carboxylic acids is 2. The van der Waals surface area contributed by atoms with E-state index in [-0.39, 0.29) is 5.91 Å². The highest BCUT2D eigenvalue weighted by Gasteiger charge is 2.10. The zero-order valence-electron chi connectivity index (χ0n) is 11.3. The number of nitrogens with two attached hydrogens (primary N) is 1. The van der Waals surface area contributed by atoms with Gasteiger partial charge in [-0.3, -0.25) is 9.59 Å². The Morgan fingerprint density at radius 2 is 2.14 bits per heavy atom. The molecule has 0 atom stereocenters. The number of hydrogen-bond donors (Lipinski definition) is 2. The van der Waals surface area contributed by atoms with Gasteiger partial charge in [0, 0.05) is 6.08 Å². The van der Waals surface area contributed by atoms with Crippen LogP contribution in [0.5, 0.6) is 5.75 Å². The summed E-state index contributed by atoms with van der Waals surface area (Å²) in [6.45, 7) is 0. The molecule has 0 radical (unpaired) electrons. The van der Waals surface area contributed by atoms with Crippen LogP contribution < -0.4 is 15.8 Å². The summed E-state index contributed by atoms with van der Waals surface area (Å²) in [6.07, 6.45) is 3.05. The number of benzene rings is 1.